The van der Waals surface area contributed by atoms with Gasteiger partial charge in [0.25, 0.3) is 0 Å². The van der Waals surface area contributed by atoms with Crippen LogP contribution in [-0.2, 0) is 0 Å². The lowest BCUT2D eigenvalue weighted by atomic mass is 10.7. The van der Waals surface area contributed by atoms with Gasteiger partial charge < -0.3 is 9.13 Å². The first-order valence-electron chi connectivity index (χ1n) is 7.70. The summed E-state index contributed by atoms with van der Waals surface area (Å²) in [6.07, 6.45) is 0. The van der Waals surface area contributed by atoms with Crippen LogP contribution < -0.4 is 0 Å². The highest BCUT2D eigenvalue weighted by Crippen LogP contribution is 2.35. The van der Waals surface area contributed by atoms with Crippen LogP contribution in [0.25, 0.3) is 0 Å². The Labute approximate surface area is 118 Å². The smallest absolute Gasteiger partial charge is 0.123 e. The fourth-order valence-corrected chi connectivity index (χ4v) is 15.9. The second kappa shape index (κ2) is 7.22. The average Bonchev–Trinajstić information content (AvgIpc) is 2.30. The molecule has 0 aromatic heterocycles. The summed E-state index contributed by atoms with van der Waals surface area (Å²) in [5.74, 6) is 0. The van der Waals surface area contributed by atoms with Gasteiger partial charge in [-0.05, 0) is 31.3 Å². The number of hydrogen-bond acceptors (Lipinski definition) is 2. The third-order valence-electron chi connectivity index (χ3n) is 5.28. The van der Waals surface area contributed by atoms with E-state index in [1.165, 1.54) is 26.2 Å². The zero-order valence-electron chi connectivity index (χ0n) is 14.3. The van der Waals surface area contributed by atoms with Crippen molar-refractivity contribution in [2.75, 3.05) is 26.2 Å². The average molecular weight is 289 g/mol. The van der Waals surface area contributed by atoms with E-state index < -0.39 is 16.5 Å². The maximum atomic E-state index is 2.76. The van der Waals surface area contributed by atoms with Crippen molar-refractivity contribution in [1.82, 2.24) is 9.13 Å². The van der Waals surface area contributed by atoms with Crippen LogP contribution >= 0.6 is 0 Å². The molecule has 0 aromatic rings. The molecule has 0 amide bonds. The van der Waals surface area contributed by atoms with Crippen LogP contribution in [0, 0.1) is 0 Å². The summed E-state index contributed by atoms with van der Waals surface area (Å²) in [6, 6.07) is 0. The summed E-state index contributed by atoms with van der Waals surface area (Å²) in [4.78, 5) is 0. The van der Waals surface area contributed by atoms with Crippen molar-refractivity contribution in [3.05, 3.63) is 0 Å². The molecule has 0 saturated carbocycles. The summed E-state index contributed by atoms with van der Waals surface area (Å²) in [5, 5.41) is 0.893. The highest BCUT2D eigenvalue weighted by atomic mass is 28.4. The molecule has 110 valence electrons. The second-order valence-corrected chi connectivity index (χ2v) is 16.6. The summed E-state index contributed by atoms with van der Waals surface area (Å²) in [7, 11) is -2.63. The summed E-state index contributed by atoms with van der Waals surface area (Å²) in [5.41, 5.74) is 0. The highest BCUT2D eigenvalue weighted by Gasteiger charge is 2.45. The van der Waals surface area contributed by atoms with Crippen molar-refractivity contribution in [3.8, 4) is 0 Å². The molecular formula is C14H36N2Si2. The molecule has 2 nitrogen and oxygen atoms in total. The molecule has 0 radical (unpaired) electrons. The summed E-state index contributed by atoms with van der Waals surface area (Å²) >= 11 is 0. The van der Waals surface area contributed by atoms with Crippen LogP contribution in [0.2, 0.25) is 31.4 Å². The lowest BCUT2D eigenvalue weighted by Gasteiger charge is -2.49. The van der Waals surface area contributed by atoms with Crippen LogP contribution in [0.15, 0.2) is 0 Å². The fourth-order valence-electron chi connectivity index (χ4n) is 3.49. The van der Waals surface area contributed by atoms with Crippen molar-refractivity contribution >= 4 is 16.5 Å². The Bertz CT molecular complexity index is 210. The van der Waals surface area contributed by atoms with Crippen molar-refractivity contribution in [2.45, 2.75) is 66.0 Å². The van der Waals surface area contributed by atoms with Crippen molar-refractivity contribution < 1.29 is 0 Å². The Morgan fingerprint density at radius 1 is 0.667 bits per heavy atom. The Morgan fingerprint density at radius 3 is 1.06 bits per heavy atom. The zero-order valence-corrected chi connectivity index (χ0v) is 16.3. The molecule has 0 aliphatic carbocycles. The third-order valence-corrected chi connectivity index (χ3v) is 18.3. The monoisotopic (exact) mass is 288 g/mol. The van der Waals surface area contributed by atoms with Gasteiger partial charge in [-0.15, -0.1) is 0 Å². The summed E-state index contributed by atoms with van der Waals surface area (Å²) < 4.78 is 5.52. The standard InChI is InChI=1S/C14H36N2Si2/c1-10-15(11-2)17(6,7)14(5)18(8,9)16(12-3)13-4/h14H,10-13H2,1-9H3. The van der Waals surface area contributed by atoms with Crippen molar-refractivity contribution in [1.29, 1.82) is 0 Å². The van der Waals surface area contributed by atoms with Gasteiger partial charge in [-0.25, -0.2) is 0 Å². The van der Waals surface area contributed by atoms with Crippen LogP contribution in [0.3, 0.4) is 0 Å². The van der Waals surface area contributed by atoms with E-state index in [1.54, 1.807) is 0 Å². The van der Waals surface area contributed by atoms with Crippen LogP contribution in [-0.4, -0.2) is 51.8 Å². The Kier molecular flexibility index (Phi) is 7.36. The topological polar surface area (TPSA) is 6.48 Å². The van der Waals surface area contributed by atoms with Gasteiger partial charge in [0, 0.05) is 0 Å². The number of hydrogen-bond donors (Lipinski definition) is 0. The van der Waals surface area contributed by atoms with Crippen LogP contribution in [0.4, 0.5) is 0 Å². The van der Waals surface area contributed by atoms with E-state index in [-0.39, 0.29) is 0 Å². The molecular weight excluding hydrogens is 252 g/mol. The Balaban J connectivity index is 5.16. The van der Waals surface area contributed by atoms with Crippen LogP contribution in [0.5, 0.6) is 0 Å². The minimum Gasteiger partial charge on any atom is -0.324 e. The van der Waals surface area contributed by atoms with Crippen molar-refractivity contribution in [3.63, 3.8) is 0 Å². The van der Waals surface area contributed by atoms with Gasteiger partial charge >= 0.3 is 0 Å². The van der Waals surface area contributed by atoms with Gasteiger partial charge in [-0.1, -0.05) is 60.8 Å². The Morgan fingerprint density at radius 2 is 0.889 bits per heavy atom. The first-order chi connectivity index (χ1) is 8.19. The molecule has 0 spiro atoms. The molecule has 0 aliphatic heterocycles. The van der Waals surface area contributed by atoms with E-state index in [0.29, 0.717) is 0 Å². The SMILES string of the molecule is CCN(CC)[Si](C)(C)C(C)[Si](C)(C)N(CC)CC. The van der Waals surface area contributed by atoms with E-state index in [4.69, 9.17) is 0 Å². The molecule has 0 bridgehead atoms. The van der Waals surface area contributed by atoms with E-state index in [0.717, 1.165) is 5.16 Å². The molecule has 0 N–H and O–H groups in total. The largest absolute Gasteiger partial charge is 0.324 e. The second-order valence-electron chi connectivity index (χ2n) is 6.37. The van der Waals surface area contributed by atoms with E-state index in [9.17, 15) is 0 Å². The van der Waals surface area contributed by atoms with E-state index >= 15 is 0 Å². The normalized spacial score (nSPS) is 14.0. The number of nitrogens with zero attached hydrogens (tertiary/aromatic N) is 2. The minimum atomic E-state index is -1.31. The quantitative estimate of drug-likeness (QED) is 0.623. The Hall–Kier alpha value is 0.354. The van der Waals surface area contributed by atoms with E-state index in [1.807, 2.05) is 0 Å². The molecule has 18 heavy (non-hydrogen) atoms. The first-order valence-corrected chi connectivity index (χ1v) is 13.7. The molecule has 0 saturated heterocycles. The van der Waals surface area contributed by atoms with Gasteiger partial charge in [0.05, 0.1) is 0 Å². The van der Waals surface area contributed by atoms with E-state index in [2.05, 4.69) is 69.9 Å². The first kappa shape index (κ1) is 18.4. The molecule has 0 rings (SSSR count). The lowest BCUT2D eigenvalue weighted by Crippen LogP contribution is -2.63. The van der Waals surface area contributed by atoms with Gasteiger partial charge in [-0.2, -0.15) is 0 Å². The van der Waals surface area contributed by atoms with Crippen LogP contribution in [0.1, 0.15) is 34.6 Å². The van der Waals surface area contributed by atoms with Gasteiger partial charge in [0.1, 0.15) is 16.5 Å². The lowest BCUT2D eigenvalue weighted by molar-refractivity contribution is 0.442. The van der Waals surface area contributed by atoms with Gasteiger partial charge in [0.15, 0.2) is 0 Å². The maximum absolute atomic E-state index is 2.76. The van der Waals surface area contributed by atoms with Crippen molar-refractivity contribution in [2.24, 2.45) is 0 Å². The fraction of sp³-hybridized carbons (Fsp3) is 1.00. The molecule has 0 unspecified atom stereocenters. The maximum Gasteiger partial charge on any atom is 0.123 e. The van der Waals surface area contributed by atoms with Gasteiger partial charge in [-0.3, -0.25) is 0 Å². The molecule has 0 heterocycles. The minimum absolute atomic E-state index is 0.893. The third kappa shape index (κ3) is 3.68. The highest BCUT2D eigenvalue weighted by molar-refractivity contribution is 6.94. The predicted octanol–water partition coefficient (Wildman–Crippen LogP) is 4.01. The molecule has 0 fully saturated rings. The summed E-state index contributed by atoms with van der Waals surface area (Å²) in [6.45, 7) is 26.9. The molecule has 0 aliphatic rings. The molecule has 0 atom stereocenters. The predicted molar refractivity (Wildman–Crippen MR) is 90.2 cm³/mol. The van der Waals surface area contributed by atoms with Gasteiger partial charge in [0.2, 0.25) is 0 Å². The molecule has 4 heteroatoms. The number of rotatable bonds is 8. The zero-order chi connectivity index (χ0) is 14.6. The molecule has 0 aromatic carbocycles.